The third-order valence-electron chi connectivity index (χ3n) is 3.27. The Bertz CT molecular complexity index is 789. The molecule has 0 bridgehead atoms. The van der Waals surface area contributed by atoms with Crippen molar-refractivity contribution in [3.63, 3.8) is 0 Å². The van der Waals surface area contributed by atoms with E-state index < -0.39 is 25.9 Å². The topological polar surface area (TPSA) is 115 Å². The van der Waals surface area contributed by atoms with Crippen LogP contribution in [0.5, 0.6) is 0 Å². The molecule has 1 aromatic rings. The second kappa shape index (κ2) is 5.32. The first-order valence-corrected chi connectivity index (χ1v) is 9.38. The third-order valence-corrected chi connectivity index (χ3v) is 6.94. The van der Waals surface area contributed by atoms with Gasteiger partial charge in [-0.3, -0.25) is 4.68 Å². The Balaban J connectivity index is 2.43. The van der Waals surface area contributed by atoms with Crippen LogP contribution in [0.15, 0.2) is 11.1 Å². The van der Waals surface area contributed by atoms with E-state index in [0.717, 1.165) is 4.31 Å². The van der Waals surface area contributed by atoms with E-state index in [1.54, 1.807) is 7.05 Å². The van der Waals surface area contributed by atoms with Crippen molar-refractivity contribution in [2.45, 2.75) is 17.4 Å². The highest BCUT2D eigenvalue weighted by Gasteiger charge is 2.39. The molecule has 0 aromatic carbocycles. The minimum atomic E-state index is -3.99. The van der Waals surface area contributed by atoms with Crippen LogP contribution in [0.25, 0.3) is 0 Å². The summed E-state index contributed by atoms with van der Waals surface area (Å²) in [6.07, 6.45) is 6.73. The summed E-state index contributed by atoms with van der Waals surface area (Å²) in [6.45, 7) is -0.211. The highest BCUT2D eigenvalue weighted by molar-refractivity contribution is 7.92. The van der Waals surface area contributed by atoms with Crippen LogP contribution in [0.1, 0.15) is 6.42 Å². The molecule has 0 aliphatic carbocycles. The van der Waals surface area contributed by atoms with Crippen LogP contribution >= 0.6 is 0 Å². The van der Waals surface area contributed by atoms with Crippen molar-refractivity contribution in [3.05, 3.63) is 6.20 Å². The number of aryl methyl sites for hydroxylation is 1. The molecule has 1 fully saturated rings. The minimum absolute atomic E-state index is 0.0449. The molecule has 2 heterocycles. The molecule has 0 radical (unpaired) electrons. The number of nitrogens with two attached hydrogens (primary N) is 1. The highest BCUT2D eigenvalue weighted by Crippen LogP contribution is 2.27. The van der Waals surface area contributed by atoms with Crippen molar-refractivity contribution in [1.82, 2.24) is 14.1 Å². The van der Waals surface area contributed by atoms with E-state index in [-0.39, 0.29) is 35.2 Å². The molecular formula is C11H16N4O4S2. The molecule has 116 valence electrons. The number of hydrogen-bond acceptors (Lipinski definition) is 6. The monoisotopic (exact) mass is 332 g/mol. The van der Waals surface area contributed by atoms with E-state index >= 15 is 0 Å². The third kappa shape index (κ3) is 3.04. The van der Waals surface area contributed by atoms with Crippen molar-refractivity contribution in [2.75, 3.05) is 23.8 Å². The zero-order chi connectivity index (χ0) is 15.8. The van der Waals surface area contributed by atoms with E-state index in [2.05, 4.69) is 11.0 Å². The normalized spacial score (nSPS) is 21.5. The second-order valence-electron chi connectivity index (χ2n) is 4.86. The molecular weight excluding hydrogens is 316 g/mol. The van der Waals surface area contributed by atoms with E-state index in [4.69, 9.17) is 12.2 Å². The van der Waals surface area contributed by atoms with Gasteiger partial charge in [-0.1, -0.05) is 5.92 Å². The molecule has 21 heavy (non-hydrogen) atoms. The Morgan fingerprint density at radius 1 is 1.62 bits per heavy atom. The fourth-order valence-corrected chi connectivity index (χ4v) is 5.80. The van der Waals surface area contributed by atoms with Crippen LogP contribution in [0.3, 0.4) is 0 Å². The average Bonchev–Trinajstić information content (AvgIpc) is 2.88. The molecule has 0 spiro atoms. The predicted octanol–water partition coefficient (Wildman–Crippen LogP) is -1.19. The van der Waals surface area contributed by atoms with Crippen LogP contribution < -0.4 is 5.73 Å². The fourth-order valence-electron chi connectivity index (χ4n) is 2.31. The summed E-state index contributed by atoms with van der Waals surface area (Å²) in [4.78, 5) is -0.162. The van der Waals surface area contributed by atoms with Gasteiger partial charge in [0, 0.05) is 19.3 Å². The summed E-state index contributed by atoms with van der Waals surface area (Å²) in [7, 11) is -5.68. The lowest BCUT2D eigenvalue weighted by Gasteiger charge is -2.24. The van der Waals surface area contributed by atoms with Gasteiger partial charge >= 0.3 is 0 Å². The Labute approximate surface area is 123 Å². The zero-order valence-electron chi connectivity index (χ0n) is 11.4. The lowest BCUT2D eigenvalue weighted by molar-refractivity contribution is 0.371. The molecule has 1 saturated heterocycles. The smallest absolute Gasteiger partial charge is 0.249 e. The first kappa shape index (κ1) is 15.8. The van der Waals surface area contributed by atoms with Gasteiger partial charge in [-0.15, -0.1) is 6.42 Å². The maximum absolute atomic E-state index is 12.7. The number of nitrogens with zero attached hydrogens (tertiary/aromatic N) is 3. The molecule has 1 aromatic heterocycles. The quantitative estimate of drug-likeness (QED) is 0.694. The average molecular weight is 332 g/mol. The number of aromatic nitrogens is 2. The van der Waals surface area contributed by atoms with Crippen LogP contribution in [-0.4, -0.2) is 55.0 Å². The lowest BCUT2D eigenvalue weighted by atomic mass is 10.3. The second-order valence-corrected chi connectivity index (χ2v) is 8.95. The summed E-state index contributed by atoms with van der Waals surface area (Å²) < 4.78 is 50.8. The van der Waals surface area contributed by atoms with Gasteiger partial charge in [-0.05, 0) is 6.42 Å². The van der Waals surface area contributed by atoms with Gasteiger partial charge in [0.1, 0.15) is 4.90 Å². The van der Waals surface area contributed by atoms with E-state index in [1.807, 2.05) is 0 Å². The van der Waals surface area contributed by atoms with Crippen LogP contribution in [0.4, 0.5) is 5.82 Å². The molecule has 2 rings (SSSR count). The van der Waals surface area contributed by atoms with Crippen molar-refractivity contribution < 1.29 is 16.8 Å². The van der Waals surface area contributed by atoms with Gasteiger partial charge in [0.25, 0.3) is 0 Å². The number of terminal acetylenes is 1. The van der Waals surface area contributed by atoms with E-state index in [1.165, 1.54) is 10.9 Å². The fraction of sp³-hybridized carbons (Fsp3) is 0.545. The van der Waals surface area contributed by atoms with Gasteiger partial charge in [-0.2, -0.15) is 9.40 Å². The van der Waals surface area contributed by atoms with Crippen molar-refractivity contribution in [2.24, 2.45) is 7.05 Å². The number of anilines is 1. The SMILES string of the molecule is C#CCN(C1CCS(=O)(=O)C1)S(=O)(=O)c1cn(C)nc1N. The standard InChI is InChI=1S/C11H16N4O4S2/c1-3-5-15(9-4-6-20(16,17)8-9)21(18,19)10-7-14(2)13-11(10)12/h1,7,9H,4-6,8H2,2H3,(H2,12,13). The summed E-state index contributed by atoms with van der Waals surface area (Å²) in [6, 6.07) is -0.671. The van der Waals surface area contributed by atoms with Crippen molar-refractivity contribution >= 4 is 25.7 Å². The Kier molecular flexibility index (Phi) is 4.01. The van der Waals surface area contributed by atoms with Crippen LogP contribution in [0.2, 0.25) is 0 Å². The summed E-state index contributed by atoms with van der Waals surface area (Å²) in [5.41, 5.74) is 5.61. The molecule has 2 N–H and O–H groups in total. The highest BCUT2D eigenvalue weighted by atomic mass is 32.2. The molecule has 1 unspecified atom stereocenters. The van der Waals surface area contributed by atoms with Gasteiger partial charge in [-0.25, -0.2) is 16.8 Å². The molecule has 1 atom stereocenters. The number of hydrogen-bond donors (Lipinski definition) is 1. The number of sulfone groups is 1. The molecule has 1 aliphatic heterocycles. The maximum atomic E-state index is 12.7. The summed E-state index contributed by atoms with van der Waals surface area (Å²) >= 11 is 0. The van der Waals surface area contributed by atoms with Crippen LogP contribution in [0, 0.1) is 12.3 Å². The van der Waals surface area contributed by atoms with E-state index in [0.29, 0.717) is 0 Å². The zero-order valence-corrected chi connectivity index (χ0v) is 13.1. The number of sulfonamides is 1. The minimum Gasteiger partial charge on any atom is -0.381 e. The van der Waals surface area contributed by atoms with Crippen molar-refractivity contribution in [1.29, 1.82) is 0 Å². The number of nitrogen functional groups attached to an aromatic ring is 1. The number of rotatable bonds is 4. The van der Waals surface area contributed by atoms with Gasteiger partial charge < -0.3 is 5.73 Å². The largest absolute Gasteiger partial charge is 0.381 e. The molecule has 0 amide bonds. The lowest BCUT2D eigenvalue weighted by Crippen LogP contribution is -2.41. The van der Waals surface area contributed by atoms with Gasteiger partial charge in [0.05, 0.1) is 18.1 Å². The molecule has 1 aliphatic rings. The molecule has 0 saturated carbocycles. The predicted molar refractivity (Wildman–Crippen MR) is 77.4 cm³/mol. The first-order chi connectivity index (χ1) is 9.67. The summed E-state index contributed by atoms with van der Waals surface area (Å²) in [5.74, 6) is 1.85. The van der Waals surface area contributed by atoms with Crippen LogP contribution in [-0.2, 0) is 26.9 Å². The Morgan fingerprint density at radius 3 is 2.71 bits per heavy atom. The molecule has 8 nitrogen and oxygen atoms in total. The van der Waals surface area contributed by atoms with E-state index in [9.17, 15) is 16.8 Å². The van der Waals surface area contributed by atoms with Crippen molar-refractivity contribution in [3.8, 4) is 12.3 Å². The Hall–Kier alpha value is -1.57. The first-order valence-electron chi connectivity index (χ1n) is 6.12. The maximum Gasteiger partial charge on any atom is 0.249 e. The Morgan fingerprint density at radius 2 is 2.29 bits per heavy atom. The van der Waals surface area contributed by atoms with Gasteiger partial charge in [0.2, 0.25) is 10.0 Å². The summed E-state index contributed by atoms with van der Waals surface area (Å²) in [5, 5.41) is 3.79. The van der Waals surface area contributed by atoms with Gasteiger partial charge in [0.15, 0.2) is 15.7 Å². The molecule has 10 heteroatoms.